The fraction of sp³-hybridized carbons (Fsp3) is 0.667. The molecule has 0 saturated carbocycles. The molecule has 0 saturated heterocycles. The molecule has 0 atom stereocenters. The van der Waals surface area contributed by atoms with Gasteiger partial charge in [0, 0.05) is 18.8 Å². The molecule has 0 aliphatic carbocycles. The van der Waals surface area contributed by atoms with Gasteiger partial charge in [-0.2, -0.15) is 0 Å². The second-order valence-corrected chi connectivity index (χ2v) is 2.33. The lowest BCUT2D eigenvalue weighted by molar-refractivity contribution is 0.238. The van der Waals surface area contributed by atoms with Crippen molar-refractivity contribution < 1.29 is 4.74 Å². The third-order valence-electron chi connectivity index (χ3n) is 1.16. The molecule has 0 fully saturated rings. The zero-order valence-corrected chi connectivity index (χ0v) is 11.4. The molecule has 0 rings (SSSR count). The Hall–Kier alpha value is -0.960. The first-order valence-electron chi connectivity index (χ1n) is 5.56. The Morgan fingerprint density at radius 1 is 1.33 bits per heavy atom. The van der Waals surface area contributed by atoms with E-state index in [1.54, 1.807) is 13.2 Å². The number of rotatable bonds is 4. The molecule has 0 spiro atoms. The summed E-state index contributed by atoms with van der Waals surface area (Å²) in [6.45, 7) is 16.2. The number of hydrogen-bond donors (Lipinski definition) is 1. The number of allylic oxidation sites excluding steroid dienone is 1. The van der Waals surface area contributed by atoms with Crippen LogP contribution in [-0.2, 0) is 4.74 Å². The van der Waals surface area contributed by atoms with Gasteiger partial charge in [-0.3, -0.25) is 0 Å². The first kappa shape index (κ1) is 19.6. The minimum atomic E-state index is 0.637. The largest absolute Gasteiger partial charge is 0.494 e. The Kier molecular flexibility index (Phi) is 20.3. The highest BCUT2D eigenvalue weighted by molar-refractivity contribution is 5.19. The van der Waals surface area contributed by atoms with Gasteiger partial charge in [-0.15, -0.1) is 0 Å². The summed E-state index contributed by atoms with van der Waals surface area (Å²) in [7, 11) is 1.75. The van der Waals surface area contributed by atoms with Crippen molar-refractivity contribution in [2.75, 3.05) is 13.7 Å². The second kappa shape index (κ2) is 15.5. The zero-order valence-electron chi connectivity index (χ0n) is 11.4. The third kappa shape index (κ3) is 15.8. The van der Waals surface area contributed by atoms with Gasteiger partial charge in [-0.25, -0.2) is 5.84 Å². The molecule has 0 heterocycles. The highest BCUT2D eigenvalue weighted by Gasteiger charge is 1.95. The third-order valence-corrected chi connectivity index (χ3v) is 1.16. The maximum atomic E-state index is 5.39. The summed E-state index contributed by atoms with van der Waals surface area (Å²) in [5.74, 6) is 6.06. The normalized spacial score (nSPS) is 8.93. The molecule has 0 aliphatic rings. The van der Waals surface area contributed by atoms with Gasteiger partial charge in [-0.1, -0.05) is 34.3 Å². The molecule has 0 aromatic rings. The highest BCUT2D eigenvalue weighted by atomic mass is 16.5. The van der Waals surface area contributed by atoms with Crippen LogP contribution >= 0.6 is 0 Å². The van der Waals surface area contributed by atoms with Crippen LogP contribution in [0.1, 0.15) is 41.5 Å². The van der Waals surface area contributed by atoms with Crippen molar-refractivity contribution in [3.8, 4) is 0 Å². The van der Waals surface area contributed by atoms with E-state index in [4.69, 9.17) is 10.6 Å². The summed E-state index contributed by atoms with van der Waals surface area (Å²) >= 11 is 0. The van der Waals surface area contributed by atoms with Crippen LogP contribution in [0.2, 0.25) is 0 Å². The molecule has 2 N–H and O–H groups in total. The van der Waals surface area contributed by atoms with Gasteiger partial charge in [0.2, 0.25) is 0 Å². The van der Waals surface area contributed by atoms with Crippen molar-refractivity contribution in [2.24, 2.45) is 5.84 Å². The number of hydrazine groups is 1. The summed E-state index contributed by atoms with van der Waals surface area (Å²) in [5, 5.41) is 1.47. The Morgan fingerprint density at radius 3 is 2.00 bits per heavy atom. The molecule has 0 bridgehead atoms. The van der Waals surface area contributed by atoms with Crippen LogP contribution in [0.15, 0.2) is 24.1 Å². The maximum Gasteiger partial charge on any atom is 0.116 e. The molecule has 0 amide bonds. The van der Waals surface area contributed by atoms with E-state index in [9.17, 15) is 0 Å². The Morgan fingerprint density at radius 2 is 1.73 bits per heavy atom. The van der Waals surface area contributed by atoms with Crippen LogP contribution in [-0.4, -0.2) is 18.7 Å². The second-order valence-electron chi connectivity index (χ2n) is 2.33. The topological polar surface area (TPSA) is 38.5 Å². The van der Waals surface area contributed by atoms with Gasteiger partial charge in [-0.05, 0) is 13.8 Å². The van der Waals surface area contributed by atoms with Crippen LogP contribution < -0.4 is 5.84 Å². The predicted molar refractivity (Wildman–Crippen MR) is 69.2 cm³/mol. The van der Waals surface area contributed by atoms with E-state index < -0.39 is 0 Å². The minimum absolute atomic E-state index is 0.637. The number of nitrogens with two attached hydrogens (primary N) is 1. The van der Waals surface area contributed by atoms with Crippen molar-refractivity contribution in [1.82, 2.24) is 5.01 Å². The van der Waals surface area contributed by atoms with Crippen LogP contribution in [0, 0.1) is 0 Å². The molecule has 15 heavy (non-hydrogen) atoms. The lowest BCUT2D eigenvalue weighted by Gasteiger charge is -2.10. The van der Waals surface area contributed by atoms with Gasteiger partial charge in [0.1, 0.15) is 5.76 Å². The van der Waals surface area contributed by atoms with E-state index in [1.165, 1.54) is 5.01 Å². The van der Waals surface area contributed by atoms with E-state index in [1.807, 2.05) is 41.5 Å². The van der Waals surface area contributed by atoms with Gasteiger partial charge >= 0.3 is 0 Å². The molecule has 0 aromatic heterocycles. The van der Waals surface area contributed by atoms with Crippen molar-refractivity contribution in [2.45, 2.75) is 41.5 Å². The average Bonchev–Trinajstić information content (AvgIpc) is 2.23. The maximum absolute atomic E-state index is 5.39. The lowest BCUT2D eigenvalue weighted by Crippen LogP contribution is -2.19. The van der Waals surface area contributed by atoms with Gasteiger partial charge in [0.25, 0.3) is 0 Å². The first-order valence-corrected chi connectivity index (χ1v) is 5.56. The van der Waals surface area contributed by atoms with Gasteiger partial charge in [0.05, 0.1) is 6.61 Å². The van der Waals surface area contributed by atoms with Gasteiger partial charge in [0.15, 0.2) is 0 Å². The van der Waals surface area contributed by atoms with E-state index in [-0.39, 0.29) is 0 Å². The lowest BCUT2D eigenvalue weighted by atomic mass is 10.3. The SMILES string of the molecule is C=C(OCC)/C(C)=C\N(C)N.CC.CC. The number of hydrogen-bond acceptors (Lipinski definition) is 3. The fourth-order valence-corrected chi connectivity index (χ4v) is 0.666. The molecular formula is C12H28N2O. The first-order chi connectivity index (χ1) is 7.07. The molecule has 0 aromatic carbocycles. The number of ether oxygens (including phenoxy) is 1. The molecule has 3 nitrogen and oxygen atoms in total. The van der Waals surface area contributed by atoms with Crippen LogP contribution in [0.25, 0.3) is 0 Å². The van der Waals surface area contributed by atoms with Crippen molar-refractivity contribution in [1.29, 1.82) is 0 Å². The molecule has 0 aliphatic heterocycles. The van der Waals surface area contributed by atoms with E-state index in [0.29, 0.717) is 12.4 Å². The molecule has 0 radical (unpaired) electrons. The summed E-state index contributed by atoms with van der Waals surface area (Å²) < 4.78 is 5.16. The van der Waals surface area contributed by atoms with E-state index in [2.05, 4.69) is 6.58 Å². The highest BCUT2D eigenvalue weighted by Crippen LogP contribution is 2.07. The van der Waals surface area contributed by atoms with Crippen molar-refractivity contribution >= 4 is 0 Å². The standard InChI is InChI=1S/C8H16N2O.2C2H6/c1-5-11-8(3)7(2)6-10(4)9;2*1-2/h6H,3,5,9H2,1-2,4H3;2*1-2H3/b7-6-;;. The fourth-order valence-electron chi connectivity index (χ4n) is 0.666. The average molecular weight is 216 g/mol. The minimum Gasteiger partial charge on any atom is -0.494 e. The quantitative estimate of drug-likeness (QED) is 0.339. The molecule has 92 valence electrons. The Labute approximate surface area is 95.6 Å². The van der Waals surface area contributed by atoms with E-state index in [0.717, 1.165) is 5.57 Å². The predicted octanol–water partition coefficient (Wildman–Crippen LogP) is 3.30. The van der Waals surface area contributed by atoms with Crippen LogP contribution in [0.3, 0.4) is 0 Å². The smallest absolute Gasteiger partial charge is 0.116 e. The summed E-state index contributed by atoms with van der Waals surface area (Å²) in [4.78, 5) is 0. The Bertz CT molecular complexity index is 163. The van der Waals surface area contributed by atoms with Crippen LogP contribution in [0.5, 0.6) is 0 Å². The Balaban J connectivity index is -0.000000318. The zero-order chi connectivity index (χ0) is 12.9. The molecular weight excluding hydrogens is 188 g/mol. The summed E-state index contributed by atoms with van der Waals surface area (Å²) in [6.07, 6.45) is 1.76. The molecule has 3 heteroatoms. The monoisotopic (exact) mass is 216 g/mol. The number of nitrogens with zero attached hydrogens (tertiary/aromatic N) is 1. The molecule has 0 unspecified atom stereocenters. The van der Waals surface area contributed by atoms with Crippen molar-refractivity contribution in [3.05, 3.63) is 24.1 Å². The van der Waals surface area contributed by atoms with Crippen LogP contribution in [0.4, 0.5) is 0 Å². The van der Waals surface area contributed by atoms with E-state index >= 15 is 0 Å². The summed E-state index contributed by atoms with van der Waals surface area (Å²) in [6, 6.07) is 0. The summed E-state index contributed by atoms with van der Waals surface area (Å²) in [5.41, 5.74) is 0.942. The van der Waals surface area contributed by atoms with Gasteiger partial charge < -0.3 is 9.75 Å². The van der Waals surface area contributed by atoms with Crippen molar-refractivity contribution in [3.63, 3.8) is 0 Å².